The second kappa shape index (κ2) is 3.59. The molecule has 4 nitrogen and oxygen atoms in total. The maximum Gasteiger partial charge on any atom is 0.191 e. The molecule has 0 aliphatic carbocycles. The Morgan fingerprint density at radius 1 is 1.50 bits per heavy atom. The van der Waals surface area contributed by atoms with Crippen LogP contribution in [-0.2, 0) is 0 Å². The van der Waals surface area contributed by atoms with Gasteiger partial charge in [0.25, 0.3) is 0 Å². The molecule has 2 aromatic rings. The highest BCUT2D eigenvalue weighted by Crippen LogP contribution is 2.28. The van der Waals surface area contributed by atoms with Crippen molar-refractivity contribution < 1.29 is 13.9 Å². The van der Waals surface area contributed by atoms with Crippen LogP contribution in [0.25, 0.3) is 0 Å². The highest BCUT2D eigenvalue weighted by Gasteiger charge is 2.19. The van der Waals surface area contributed by atoms with Gasteiger partial charge in [-0.2, -0.15) is 0 Å². The zero-order valence-corrected chi connectivity index (χ0v) is 8.98. The quantitative estimate of drug-likeness (QED) is 0.898. The Hall–Kier alpha value is -1.07. The van der Waals surface area contributed by atoms with Crippen molar-refractivity contribution in [2.45, 2.75) is 13.0 Å². The average molecular weight is 258 g/mol. The number of aliphatic hydroxyl groups is 1. The van der Waals surface area contributed by atoms with E-state index >= 15 is 0 Å². The lowest BCUT2D eigenvalue weighted by Gasteiger charge is -2.03. The summed E-state index contributed by atoms with van der Waals surface area (Å²) in [5, 5.41) is 9.83. The number of rotatable bonds is 2. The van der Waals surface area contributed by atoms with Crippen molar-refractivity contribution >= 4 is 15.9 Å². The van der Waals surface area contributed by atoms with E-state index in [0.29, 0.717) is 21.8 Å². The van der Waals surface area contributed by atoms with E-state index in [4.69, 9.17) is 8.83 Å². The van der Waals surface area contributed by atoms with Crippen molar-refractivity contribution in [3.63, 3.8) is 0 Å². The third kappa shape index (κ3) is 1.60. The summed E-state index contributed by atoms with van der Waals surface area (Å²) in [6, 6.07) is 1.71. The number of aromatic nitrogens is 1. The Kier molecular flexibility index (Phi) is 2.43. The van der Waals surface area contributed by atoms with Crippen molar-refractivity contribution in [3.05, 3.63) is 40.4 Å². The van der Waals surface area contributed by atoms with Gasteiger partial charge in [0.2, 0.25) is 0 Å². The van der Waals surface area contributed by atoms with Gasteiger partial charge in [-0.05, 0) is 22.0 Å². The first-order chi connectivity index (χ1) is 6.68. The third-order valence-corrected chi connectivity index (χ3v) is 2.47. The molecule has 5 heteroatoms. The molecule has 0 aliphatic heterocycles. The van der Waals surface area contributed by atoms with Gasteiger partial charge in [-0.3, -0.25) is 0 Å². The Morgan fingerprint density at radius 3 is 2.79 bits per heavy atom. The molecule has 14 heavy (non-hydrogen) atoms. The number of halogens is 1. The van der Waals surface area contributed by atoms with Gasteiger partial charge >= 0.3 is 0 Å². The minimum atomic E-state index is -0.892. The van der Waals surface area contributed by atoms with Crippen molar-refractivity contribution in [2.24, 2.45) is 0 Å². The van der Waals surface area contributed by atoms with Crippen LogP contribution in [0, 0.1) is 6.92 Å². The summed E-state index contributed by atoms with van der Waals surface area (Å²) in [7, 11) is 0. The van der Waals surface area contributed by atoms with Crippen molar-refractivity contribution in [1.82, 2.24) is 4.98 Å². The largest absolute Gasteiger partial charge is 0.465 e. The molecule has 0 spiro atoms. The predicted octanol–water partition coefficient (Wildman–Crippen LogP) is 2.42. The minimum absolute atomic E-state index is 0.429. The second-order valence-corrected chi connectivity index (χ2v) is 3.68. The molecule has 0 saturated heterocycles. The zero-order valence-electron chi connectivity index (χ0n) is 7.40. The highest BCUT2D eigenvalue weighted by atomic mass is 79.9. The van der Waals surface area contributed by atoms with Crippen LogP contribution in [0.5, 0.6) is 0 Å². The summed E-state index contributed by atoms with van der Waals surface area (Å²) in [4.78, 5) is 4.01. The van der Waals surface area contributed by atoms with Gasteiger partial charge in [0.1, 0.15) is 12.0 Å². The van der Waals surface area contributed by atoms with E-state index < -0.39 is 6.10 Å². The van der Waals surface area contributed by atoms with E-state index in [0.717, 1.165) is 0 Å². The number of hydrogen-bond donors (Lipinski definition) is 1. The van der Waals surface area contributed by atoms with Crippen molar-refractivity contribution in [1.29, 1.82) is 0 Å². The van der Waals surface area contributed by atoms with E-state index in [2.05, 4.69) is 20.9 Å². The summed E-state index contributed by atoms with van der Waals surface area (Å²) in [5.74, 6) is 0.944. The first-order valence-electron chi connectivity index (χ1n) is 4.01. The molecular weight excluding hydrogens is 250 g/mol. The number of nitrogens with zero attached hydrogens (tertiary/aromatic N) is 1. The van der Waals surface area contributed by atoms with Crippen LogP contribution in [0.2, 0.25) is 0 Å². The third-order valence-electron chi connectivity index (χ3n) is 1.81. The first-order valence-corrected chi connectivity index (χ1v) is 4.81. The maximum absolute atomic E-state index is 9.83. The average Bonchev–Trinajstić information content (AvgIpc) is 2.73. The lowest BCUT2D eigenvalue weighted by molar-refractivity contribution is 0.183. The zero-order chi connectivity index (χ0) is 10.1. The van der Waals surface area contributed by atoms with Gasteiger partial charge in [0, 0.05) is 6.92 Å². The number of hydrogen-bond acceptors (Lipinski definition) is 4. The molecule has 74 valence electrons. The number of oxazole rings is 1. The van der Waals surface area contributed by atoms with Crippen molar-refractivity contribution in [2.75, 3.05) is 0 Å². The normalized spacial score (nSPS) is 13.1. The van der Waals surface area contributed by atoms with E-state index in [1.54, 1.807) is 13.0 Å². The van der Waals surface area contributed by atoms with E-state index in [1.807, 2.05) is 0 Å². The van der Waals surface area contributed by atoms with Crippen LogP contribution in [0.3, 0.4) is 0 Å². The van der Waals surface area contributed by atoms with E-state index in [-0.39, 0.29) is 0 Å². The molecule has 0 amide bonds. The first kappa shape index (κ1) is 9.48. The highest BCUT2D eigenvalue weighted by molar-refractivity contribution is 9.10. The van der Waals surface area contributed by atoms with Crippen LogP contribution >= 0.6 is 15.9 Å². The molecule has 2 rings (SSSR count). The van der Waals surface area contributed by atoms with Gasteiger partial charge in [0.15, 0.2) is 17.8 Å². The van der Waals surface area contributed by atoms with Crippen molar-refractivity contribution in [3.8, 4) is 0 Å². The van der Waals surface area contributed by atoms with Crippen LogP contribution in [0.15, 0.2) is 31.9 Å². The van der Waals surface area contributed by atoms with E-state index in [9.17, 15) is 5.11 Å². The predicted molar refractivity (Wildman–Crippen MR) is 51.7 cm³/mol. The molecular formula is C9H8BrNO3. The number of furan rings is 1. The van der Waals surface area contributed by atoms with Crippen LogP contribution in [0.4, 0.5) is 0 Å². The number of aryl methyl sites for hydroxylation is 1. The minimum Gasteiger partial charge on any atom is -0.465 e. The fourth-order valence-corrected chi connectivity index (χ4v) is 1.56. The van der Waals surface area contributed by atoms with Gasteiger partial charge in [-0.1, -0.05) is 0 Å². The smallest absolute Gasteiger partial charge is 0.191 e. The molecule has 2 aromatic heterocycles. The molecule has 1 atom stereocenters. The molecule has 1 N–H and O–H groups in total. The van der Waals surface area contributed by atoms with E-state index in [1.165, 1.54) is 12.5 Å². The number of aliphatic hydroxyl groups excluding tert-OH is 1. The molecule has 1 unspecified atom stereocenters. The summed E-state index contributed by atoms with van der Waals surface area (Å²) >= 11 is 3.26. The summed E-state index contributed by atoms with van der Waals surface area (Å²) in [6.45, 7) is 1.72. The van der Waals surface area contributed by atoms with Gasteiger partial charge < -0.3 is 13.9 Å². The van der Waals surface area contributed by atoms with Gasteiger partial charge in [-0.25, -0.2) is 4.98 Å². The Labute approximate surface area is 88.7 Å². The summed E-state index contributed by atoms with van der Waals surface area (Å²) in [6.07, 6.45) is 2.02. The van der Waals surface area contributed by atoms with Gasteiger partial charge in [-0.15, -0.1) is 0 Å². The topological polar surface area (TPSA) is 59.4 Å². The molecule has 0 radical (unpaired) electrons. The molecule has 0 bridgehead atoms. The molecule has 0 fully saturated rings. The molecule has 0 saturated carbocycles. The van der Waals surface area contributed by atoms with Crippen LogP contribution < -0.4 is 0 Å². The lowest BCUT2D eigenvalue weighted by Crippen LogP contribution is -1.99. The Balaban J connectivity index is 2.33. The molecule has 2 heterocycles. The van der Waals surface area contributed by atoms with Gasteiger partial charge in [0.05, 0.1) is 10.7 Å². The Bertz CT molecular complexity index is 435. The summed E-state index contributed by atoms with van der Waals surface area (Å²) < 4.78 is 10.8. The van der Waals surface area contributed by atoms with Crippen LogP contribution in [0.1, 0.15) is 23.4 Å². The van der Waals surface area contributed by atoms with Crippen LogP contribution in [-0.4, -0.2) is 10.1 Å². The fraction of sp³-hybridized carbons (Fsp3) is 0.222. The monoisotopic (exact) mass is 257 g/mol. The SMILES string of the molecule is Cc1nc(C(O)c2occc2Br)co1. The lowest BCUT2D eigenvalue weighted by atomic mass is 10.2. The fourth-order valence-electron chi connectivity index (χ4n) is 1.14. The molecule has 0 aliphatic rings. The summed E-state index contributed by atoms with van der Waals surface area (Å²) in [5.41, 5.74) is 0.443. The molecule has 0 aromatic carbocycles. The Morgan fingerprint density at radius 2 is 2.29 bits per heavy atom. The second-order valence-electron chi connectivity index (χ2n) is 2.83. The standard InChI is InChI=1S/C9H8BrNO3/c1-5-11-7(4-14-5)8(12)9-6(10)2-3-13-9/h2-4,8,12H,1H3. The maximum atomic E-state index is 9.83.